The van der Waals surface area contributed by atoms with Gasteiger partial charge in [-0.15, -0.1) is 0 Å². The van der Waals surface area contributed by atoms with Crippen LogP contribution in [0, 0.1) is 19.8 Å². The van der Waals surface area contributed by atoms with E-state index in [0.29, 0.717) is 18.6 Å². The van der Waals surface area contributed by atoms with Crippen LogP contribution >= 0.6 is 0 Å². The van der Waals surface area contributed by atoms with Gasteiger partial charge in [-0.1, -0.05) is 6.42 Å². The number of rotatable bonds is 4. The highest BCUT2D eigenvalue weighted by Gasteiger charge is 2.26. The third-order valence-corrected chi connectivity index (χ3v) is 3.72. The highest BCUT2D eigenvalue weighted by atomic mass is 16.3. The zero-order chi connectivity index (χ0) is 11.5. The Hall–Kier alpha value is -0.870. The second kappa shape index (κ2) is 4.97. The number of aliphatic hydroxyl groups excluding tert-OH is 1. The van der Waals surface area contributed by atoms with Crippen LogP contribution in [0.3, 0.4) is 0 Å². The Labute approximate surface area is 96.5 Å². The second-order valence-electron chi connectivity index (χ2n) is 4.77. The molecular weight excluding hydrogens is 202 g/mol. The number of aromatic amines is 1. The number of hydrogen-bond donors (Lipinski definition) is 3. The van der Waals surface area contributed by atoms with Crippen molar-refractivity contribution in [1.29, 1.82) is 0 Å². The SMILES string of the molecule is Cc1n[nH]c(C)c1CNC1CCCC1CO. The molecule has 1 aromatic heterocycles. The number of H-pyrrole nitrogens is 1. The van der Waals surface area contributed by atoms with E-state index in [-0.39, 0.29) is 0 Å². The number of aryl methyl sites for hydroxylation is 2. The van der Waals surface area contributed by atoms with E-state index in [4.69, 9.17) is 0 Å². The summed E-state index contributed by atoms with van der Waals surface area (Å²) in [6.07, 6.45) is 3.56. The van der Waals surface area contributed by atoms with Gasteiger partial charge >= 0.3 is 0 Å². The summed E-state index contributed by atoms with van der Waals surface area (Å²) in [5.41, 5.74) is 3.48. The van der Waals surface area contributed by atoms with E-state index in [9.17, 15) is 5.11 Å². The van der Waals surface area contributed by atoms with Gasteiger partial charge in [-0.2, -0.15) is 5.10 Å². The van der Waals surface area contributed by atoms with Crippen LogP contribution in [0.15, 0.2) is 0 Å². The molecule has 16 heavy (non-hydrogen) atoms. The van der Waals surface area contributed by atoms with Crippen LogP contribution in [0.4, 0.5) is 0 Å². The van der Waals surface area contributed by atoms with E-state index in [1.54, 1.807) is 0 Å². The first kappa shape index (κ1) is 11.6. The van der Waals surface area contributed by atoms with Gasteiger partial charge in [0.15, 0.2) is 0 Å². The lowest BCUT2D eigenvalue weighted by Gasteiger charge is -2.19. The summed E-state index contributed by atoms with van der Waals surface area (Å²) in [4.78, 5) is 0. The van der Waals surface area contributed by atoms with Gasteiger partial charge in [-0.05, 0) is 32.6 Å². The lowest BCUT2D eigenvalue weighted by Crippen LogP contribution is -2.33. The first-order valence-electron chi connectivity index (χ1n) is 6.07. The topological polar surface area (TPSA) is 60.9 Å². The van der Waals surface area contributed by atoms with Crippen molar-refractivity contribution < 1.29 is 5.11 Å². The molecule has 4 nitrogen and oxygen atoms in total. The number of aromatic nitrogens is 2. The van der Waals surface area contributed by atoms with Crippen molar-refractivity contribution in [2.45, 2.75) is 45.7 Å². The molecule has 4 heteroatoms. The van der Waals surface area contributed by atoms with Crippen LogP contribution in [-0.4, -0.2) is 28.0 Å². The summed E-state index contributed by atoms with van der Waals surface area (Å²) >= 11 is 0. The number of aliphatic hydroxyl groups is 1. The van der Waals surface area contributed by atoms with Crippen molar-refractivity contribution in [2.24, 2.45) is 5.92 Å². The van der Waals surface area contributed by atoms with Gasteiger partial charge in [0, 0.05) is 30.5 Å². The van der Waals surface area contributed by atoms with E-state index in [1.165, 1.54) is 18.4 Å². The van der Waals surface area contributed by atoms with Gasteiger partial charge in [-0.25, -0.2) is 0 Å². The Morgan fingerprint density at radius 2 is 2.25 bits per heavy atom. The van der Waals surface area contributed by atoms with E-state index < -0.39 is 0 Å². The van der Waals surface area contributed by atoms with E-state index in [1.807, 2.05) is 6.92 Å². The number of hydrogen-bond acceptors (Lipinski definition) is 3. The van der Waals surface area contributed by atoms with Crippen LogP contribution in [0.25, 0.3) is 0 Å². The first-order chi connectivity index (χ1) is 7.72. The van der Waals surface area contributed by atoms with Gasteiger partial charge in [0.25, 0.3) is 0 Å². The zero-order valence-corrected chi connectivity index (χ0v) is 10.1. The standard InChI is InChI=1S/C12H21N3O/c1-8-11(9(2)15-14-8)6-13-12-5-3-4-10(12)7-16/h10,12-13,16H,3-7H2,1-2H3,(H,14,15). The highest BCUT2D eigenvalue weighted by molar-refractivity contribution is 5.22. The van der Waals surface area contributed by atoms with Crippen LogP contribution in [-0.2, 0) is 6.54 Å². The zero-order valence-electron chi connectivity index (χ0n) is 10.1. The third-order valence-electron chi connectivity index (χ3n) is 3.72. The molecule has 3 N–H and O–H groups in total. The second-order valence-corrected chi connectivity index (χ2v) is 4.77. The average molecular weight is 223 g/mol. The van der Waals surface area contributed by atoms with Gasteiger partial charge in [0.2, 0.25) is 0 Å². The average Bonchev–Trinajstić information content (AvgIpc) is 2.84. The molecule has 2 atom stereocenters. The third kappa shape index (κ3) is 2.28. The summed E-state index contributed by atoms with van der Waals surface area (Å²) in [5, 5.41) is 20.0. The predicted molar refractivity (Wildman–Crippen MR) is 63.1 cm³/mol. The molecule has 1 aromatic rings. The molecule has 2 rings (SSSR count). The normalized spacial score (nSPS) is 25.2. The first-order valence-corrected chi connectivity index (χ1v) is 6.07. The Balaban J connectivity index is 1.92. The van der Waals surface area contributed by atoms with E-state index in [0.717, 1.165) is 24.4 Å². The molecule has 2 unspecified atom stereocenters. The Kier molecular flexibility index (Phi) is 3.61. The fraction of sp³-hybridized carbons (Fsp3) is 0.750. The smallest absolute Gasteiger partial charge is 0.0638 e. The Bertz CT molecular complexity index is 329. The molecule has 90 valence electrons. The minimum Gasteiger partial charge on any atom is -0.396 e. The van der Waals surface area contributed by atoms with Crippen LogP contribution in [0.2, 0.25) is 0 Å². The summed E-state index contributed by atoms with van der Waals surface area (Å²) in [6, 6.07) is 0.471. The van der Waals surface area contributed by atoms with Crippen LogP contribution in [0.5, 0.6) is 0 Å². The molecule has 1 fully saturated rings. The van der Waals surface area contributed by atoms with Crippen molar-refractivity contribution in [3.63, 3.8) is 0 Å². The molecule has 0 aliphatic heterocycles. The van der Waals surface area contributed by atoms with Crippen molar-refractivity contribution in [3.05, 3.63) is 17.0 Å². The maximum atomic E-state index is 9.24. The number of nitrogens with one attached hydrogen (secondary N) is 2. The molecular formula is C12H21N3O. The minimum absolute atomic E-state index is 0.307. The molecule has 1 aliphatic rings. The molecule has 0 radical (unpaired) electrons. The van der Waals surface area contributed by atoms with Crippen molar-refractivity contribution in [3.8, 4) is 0 Å². The largest absolute Gasteiger partial charge is 0.396 e. The molecule has 0 saturated heterocycles. The fourth-order valence-corrected chi connectivity index (χ4v) is 2.59. The Morgan fingerprint density at radius 1 is 1.44 bits per heavy atom. The fourth-order valence-electron chi connectivity index (χ4n) is 2.59. The van der Waals surface area contributed by atoms with Crippen molar-refractivity contribution in [1.82, 2.24) is 15.5 Å². The molecule has 0 aromatic carbocycles. The maximum Gasteiger partial charge on any atom is 0.0638 e. The van der Waals surface area contributed by atoms with E-state index in [2.05, 4.69) is 22.4 Å². The van der Waals surface area contributed by atoms with Gasteiger partial charge in [0.1, 0.15) is 0 Å². The van der Waals surface area contributed by atoms with Crippen LogP contribution in [0.1, 0.15) is 36.2 Å². The molecule has 1 heterocycles. The van der Waals surface area contributed by atoms with Crippen molar-refractivity contribution >= 4 is 0 Å². The minimum atomic E-state index is 0.307. The monoisotopic (exact) mass is 223 g/mol. The van der Waals surface area contributed by atoms with E-state index >= 15 is 0 Å². The van der Waals surface area contributed by atoms with Gasteiger partial charge in [-0.3, -0.25) is 5.10 Å². The van der Waals surface area contributed by atoms with Crippen LogP contribution < -0.4 is 5.32 Å². The molecule has 0 bridgehead atoms. The Morgan fingerprint density at radius 3 is 2.88 bits per heavy atom. The lowest BCUT2D eigenvalue weighted by molar-refractivity contribution is 0.205. The molecule has 0 spiro atoms. The predicted octanol–water partition coefficient (Wildman–Crippen LogP) is 1.28. The summed E-state index contributed by atoms with van der Waals surface area (Å²) in [5.74, 6) is 0.438. The quantitative estimate of drug-likeness (QED) is 0.720. The number of nitrogens with zero attached hydrogens (tertiary/aromatic N) is 1. The molecule has 0 amide bonds. The maximum absolute atomic E-state index is 9.24. The van der Waals surface area contributed by atoms with Crippen molar-refractivity contribution in [2.75, 3.05) is 6.61 Å². The summed E-state index contributed by atoms with van der Waals surface area (Å²) < 4.78 is 0. The summed E-state index contributed by atoms with van der Waals surface area (Å²) in [6.45, 7) is 5.24. The molecule has 1 saturated carbocycles. The lowest BCUT2D eigenvalue weighted by atomic mass is 10.0. The molecule has 1 aliphatic carbocycles. The van der Waals surface area contributed by atoms with Gasteiger partial charge in [0.05, 0.1) is 5.69 Å². The summed E-state index contributed by atoms with van der Waals surface area (Å²) in [7, 11) is 0. The highest BCUT2D eigenvalue weighted by Crippen LogP contribution is 2.25. The van der Waals surface area contributed by atoms with Gasteiger partial charge < -0.3 is 10.4 Å².